The highest BCUT2D eigenvalue weighted by Gasteiger charge is 2.36. The third kappa shape index (κ3) is 2.83. The predicted molar refractivity (Wildman–Crippen MR) is 99.2 cm³/mol. The molecule has 0 fully saturated rings. The highest BCUT2D eigenvalue weighted by atomic mass is 16.5. The number of nitrogens with one attached hydrogen (secondary N) is 1. The third-order valence-electron chi connectivity index (χ3n) is 5.37. The van der Waals surface area contributed by atoms with Crippen LogP contribution in [0.15, 0.2) is 54.0 Å². The standard InChI is InChI=1S/C21H22N2O3/c1-26-21(25)17-8-9-19-16(20(17)24)6-4-11-23(19)12-10-14-13-22-18-7-3-2-5-15(14)18/h2-5,7,11,13,17,22H,6,8-10,12H2,1H3. The van der Waals surface area contributed by atoms with Gasteiger partial charge in [-0.2, -0.15) is 0 Å². The van der Waals surface area contributed by atoms with Gasteiger partial charge in [0.1, 0.15) is 5.92 Å². The summed E-state index contributed by atoms with van der Waals surface area (Å²) >= 11 is 0. The van der Waals surface area contributed by atoms with Crippen LogP contribution in [-0.2, 0) is 20.7 Å². The number of H-pyrrole nitrogens is 1. The highest BCUT2D eigenvalue weighted by Crippen LogP contribution is 2.34. The minimum absolute atomic E-state index is 0.0699. The number of methoxy groups -OCH3 is 1. The normalized spacial score (nSPS) is 19.8. The number of aromatic nitrogens is 1. The summed E-state index contributed by atoms with van der Waals surface area (Å²) in [5.74, 6) is -1.12. The second-order valence-corrected chi connectivity index (χ2v) is 6.80. The van der Waals surface area contributed by atoms with E-state index in [1.165, 1.54) is 18.1 Å². The van der Waals surface area contributed by atoms with Gasteiger partial charge in [-0.15, -0.1) is 0 Å². The summed E-state index contributed by atoms with van der Waals surface area (Å²) in [6.07, 6.45) is 8.89. The Morgan fingerprint density at radius 3 is 3.04 bits per heavy atom. The number of ketones is 1. The van der Waals surface area contributed by atoms with E-state index in [0.29, 0.717) is 12.8 Å². The van der Waals surface area contributed by atoms with Gasteiger partial charge < -0.3 is 14.6 Å². The summed E-state index contributed by atoms with van der Waals surface area (Å²) in [5, 5.41) is 1.24. The van der Waals surface area contributed by atoms with Crippen molar-refractivity contribution in [2.24, 2.45) is 5.92 Å². The van der Waals surface area contributed by atoms with E-state index in [2.05, 4.69) is 34.4 Å². The summed E-state index contributed by atoms with van der Waals surface area (Å²) in [7, 11) is 1.34. The van der Waals surface area contributed by atoms with E-state index in [1.54, 1.807) is 0 Å². The number of hydrogen-bond acceptors (Lipinski definition) is 4. The fourth-order valence-corrected chi connectivity index (χ4v) is 3.99. The van der Waals surface area contributed by atoms with Crippen molar-refractivity contribution in [2.45, 2.75) is 25.7 Å². The molecule has 134 valence electrons. The molecule has 1 unspecified atom stereocenters. The molecule has 0 saturated heterocycles. The molecule has 1 N–H and O–H groups in total. The zero-order valence-corrected chi connectivity index (χ0v) is 14.8. The molecule has 0 bridgehead atoms. The lowest BCUT2D eigenvalue weighted by Crippen LogP contribution is -2.35. The molecule has 0 amide bonds. The third-order valence-corrected chi connectivity index (χ3v) is 5.37. The first-order valence-electron chi connectivity index (χ1n) is 9.01. The molecule has 4 rings (SSSR count). The quantitative estimate of drug-likeness (QED) is 0.679. The number of carbonyl (C=O) groups excluding carboxylic acids is 2. The molecular weight excluding hydrogens is 328 g/mol. The maximum atomic E-state index is 12.7. The van der Waals surface area contributed by atoms with Crippen molar-refractivity contribution >= 4 is 22.7 Å². The fourth-order valence-electron chi connectivity index (χ4n) is 3.99. The smallest absolute Gasteiger partial charge is 0.316 e. The Labute approximate surface area is 152 Å². The van der Waals surface area contributed by atoms with E-state index < -0.39 is 11.9 Å². The van der Waals surface area contributed by atoms with Gasteiger partial charge in [0.15, 0.2) is 5.78 Å². The first-order chi connectivity index (χ1) is 12.7. The Morgan fingerprint density at radius 2 is 2.19 bits per heavy atom. The monoisotopic (exact) mass is 350 g/mol. The lowest BCUT2D eigenvalue weighted by atomic mass is 9.82. The van der Waals surface area contributed by atoms with Gasteiger partial charge in [-0.05, 0) is 37.3 Å². The maximum absolute atomic E-state index is 12.7. The van der Waals surface area contributed by atoms with Crippen molar-refractivity contribution in [2.75, 3.05) is 13.7 Å². The molecule has 0 saturated carbocycles. The molecule has 1 aromatic heterocycles. The number of rotatable bonds is 4. The van der Waals surface area contributed by atoms with Crippen LogP contribution in [0.1, 0.15) is 24.8 Å². The largest absolute Gasteiger partial charge is 0.468 e. The van der Waals surface area contributed by atoms with E-state index in [4.69, 9.17) is 4.74 Å². The van der Waals surface area contributed by atoms with Crippen molar-refractivity contribution in [3.05, 3.63) is 59.6 Å². The van der Waals surface area contributed by atoms with Crippen LogP contribution in [0.25, 0.3) is 10.9 Å². The fraction of sp³-hybridized carbons (Fsp3) is 0.333. The van der Waals surface area contributed by atoms with Crippen molar-refractivity contribution < 1.29 is 14.3 Å². The van der Waals surface area contributed by atoms with Gasteiger partial charge >= 0.3 is 5.97 Å². The van der Waals surface area contributed by atoms with Crippen LogP contribution < -0.4 is 0 Å². The first kappa shape index (κ1) is 16.6. The number of allylic oxidation sites excluding steroid dienone is 3. The van der Waals surface area contributed by atoms with Gasteiger partial charge in [0.2, 0.25) is 0 Å². The number of fused-ring (bicyclic) bond motifs is 1. The van der Waals surface area contributed by atoms with E-state index >= 15 is 0 Å². The lowest BCUT2D eigenvalue weighted by molar-refractivity contribution is -0.149. The van der Waals surface area contributed by atoms with Gasteiger partial charge in [-0.1, -0.05) is 24.3 Å². The second kappa shape index (κ2) is 6.83. The van der Waals surface area contributed by atoms with Crippen LogP contribution in [0.3, 0.4) is 0 Å². The zero-order chi connectivity index (χ0) is 18.1. The van der Waals surface area contributed by atoms with E-state index in [1.807, 2.05) is 18.2 Å². The van der Waals surface area contributed by atoms with Gasteiger partial charge in [0.05, 0.1) is 7.11 Å². The molecule has 5 nitrogen and oxygen atoms in total. The molecule has 2 aromatic rings. The molecule has 1 atom stereocenters. The predicted octanol–water partition coefficient (Wildman–Crippen LogP) is 3.34. The number of nitrogens with zero attached hydrogens (tertiary/aromatic N) is 1. The molecule has 1 aliphatic carbocycles. The van der Waals surface area contributed by atoms with Gasteiger partial charge in [-0.25, -0.2) is 0 Å². The number of benzene rings is 1. The highest BCUT2D eigenvalue weighted by molar-refractivity contribution is 6.09. The van der Waals surface area contributed by atoms with E-state index in [9.17, 15) is 9.59 Å². The van der Waals surface area contributed by atoms with Crippen LogP contribution in [0, 0.1) is 5.92 Å². The molecule has 0 radical (unpaired) electrons. The zero-order valence-electron chi connectivity index (χ0n) is 14.8. The van der Waals surface area contributed by atoms with Crippen molar-refractivity contribution in [1.82, 2.24) is 9.88 Å². The molecular formula is C21H22N2O3. The summed E-state index contributed by atoms with van der Waals surface area (Å²) < 4.78 is 4.79. The lowest BCUT2D eigenvalue weighted by Gasteiger charge is -2.33. The summed E-state index contributed by atoms with van der Waals surface area (Å²) in [6, 6.07) is 8.28. The van der Waals surface area contributed by atoms with Crippen LogP contribution in [0.2, 0.25) is 0 Å². The number of aromatic amines is 1. The number of ether oxygens (including phenoxy) is 1. The van der Waals surface area contributed by atoms with Crippen LogP contribution >= 0.6 is 0 Å². The van der Waals surface area contributed by atoms with E-state index in [-0.39, 0.29) is 5.78 Å². The molecule has 0 spiro atoms. The Bertz CT molecular complexity index is 922. The number of esters is 1. The Kier molecular flexibility index (Phi) is 4.37. The minimum Gasteiger partial charge on any atom is -0.468 e. The Balaban J connectivity index is 1.52. The Hall–Kier alpha value is -2.82. The van der Waals surface area contributed by atoms with Crippen molar-refractivity contribution in [3.8, 4) is 0 Å². The average molecular weight is 350 g/mol. The molecule has 1 aromatic carbocycles. The molecule has 26 heavy (non-hydrogen) atoms. The Morgan fingerprint density at radius 1 is 1.35 bits per heavy atom. The summed E-state index contributed by atoms with van der Waals surface area (Å²) in [5.41, 5.74) is 4.26. The number of carbonyl (C=O) groups is 2. The average Bonchev–Trinajstić information content (AvgIpc) is 3.09. The summed E-state index contributed by atoms with van der Waals surface area (Å²) in [6.45, 7) is 0.813. The van der Waals surface area contributed by atoms with Crippen LogP contribution in [0.5, 0.6) is 0 Å². The van der Waals surface area contributed by atoms with Gasteiger partial charge in [0.25, 0.3) is 0 Å². The molecule has 2 heterocycles. The van der Waals surface area contributed by atoms with Crippen molar-refractivity contribution in [3.63, 3.8) is 0 Å². The SMILES string of the molecule is COC(=O)C1CCC2=C(CC=CN2CCc2c[nH]c3ccccc23)C1=O. The molecule has 1 aliphatic heterocycles. The van der Waals surface area contributed by atoms with Gasteiger partial charge in [-0.3, -0.25) is 9.59 Å². The molecule has 2 aliphatic rings. The number of para-hydroxylation sites is 1. The van der Waals surface area contributed by atoms with E-state index in [0.717, 1.165) is 36.2 Å². The van der Waals surface area contributed by atoms with Crippen LogP contribution in [-0.4, -0.2) is 35.3 Å². The first-order valence-corrected chi connectivity index (χ1v) is 9.01. The second-order valence-electron chi connectivity index (χ2n) is 6.80. The minimum atomic E-state index is -0.638. The topological polar surface area (TPSA) is 62.4 Å². The number of Topliss-reactive ketones (excluding diaryl/α,β-unsaturated/α-hetero) is 1. The van der Waals surface area contributed by atoms with Crippen molar-refractivity contribution in [1.29, 1.82) is 0 Å². The molecule has 5 heteroatoms. The van der Waals surface area contributed by atoms with Crippen LogP contribution in [0.4, 0.5) is 0 Å². The summed E-state index contributed by atoms with van der Waals surface area (Å²) in [4.78, 5) is 30.0. The maximum Gasteiger partial charge on any atom is 0.316 e. The number of hydrogen-bond donors (Lipinski definition) is 1. The van der Waals surface area contributed by atoms with Gasteiger partial charge in [0, 0.05) is 41.1 Å².